The minimum absolute atomic E-state index is 0. The van der Waals surface area contributed by atoms with Crippen molar-refractivity contribution in [2.24, 2.45) is 0 Å². The van der Waals surface area contributed by atoms with Gasteiger partial charge in [-0.2, -0.15) is 0 Å². The molecule has 2 N–H and O–H groups in total. The smallest absolute Gasteiger partial charge is 0.250 e. The molecule has 7 heteroatoms. The number of hydrogen-bond acceptors (Lipinski definition) is 4. The molecule has 1 heterocycles. The highest BCUT2D eigenvalue weighted by atomic mass is 35.5. The van der Waals surface area contributed by atoms with E-state index in [-0.39, 0.29) is 42.9 Å². The zero-order chi connectivity index (χ0) is 14.4. The Balaban J connectivity index is 0.00000220. The first-order valence-electron chi connectivity index (χ1n) is 7.00. The van der Waals surface area contributed by atoms with Crippen LogP contribution >= 0.6 is 24.8 Å². The second kappa shape index (κ2) is 10.8. The Morgan fingerprint density at radius 1 is 1.36 bits per heavy atom. The number of hydrogen-bond donors (Lipinski definition) is 2. The van der Waals surface area contributed by atoms with Crippen molar-refractivity contribution < 1.29 is 9.53 Å². The molecule has 0 spiro atoms. The Kier molecular flexibility index (Phi) is 10.4. The first-order chi connectivity index (χ1) is 9.68. The summed E-state index contributed by atoms with van der Waals surface area (Å²) in [6.07, 6.45) is -0.373. The van der Waals surface area contributed by atoms with Gasteiger partial charge in [-0.25, -0.2) is 0 Å². The molecule has 2 atom stereocenters. The monoisotopic (exact) mass is 349 g/mol. The first kappa shape index (κ1) is 21.1. The van der Waals surface area contributed by atoms with E-state index < -0.39 is 0 Å². The minimum Gasteiger partial charge on any atom is -0.366 e. The third-order valence-electron chi connectivity index (χ3n) is 3.50. The van der Waals surface area contributed by atoms with Crippen LogP contribution in [0.25, 0.3) is 0 Å². The lowest BCUT2D eigenvalue weighted by molar-refractivity contribution is -0.134. The third-order valence-corrected chi connectivity index (χ3v) is 3.50. The van der Waals surface area contributed by atoms with Crippen LogP contribution in [0.2, 0.25) is 0 Å². The Morgan fingerprint density at radius 2 is 2.05 bits per heavy atom. The fraction of sp³-hybridized carbons (Fsp3) is 0.533. The van der Waals surface area contributed by atoms with E-state index in [4.69, 9.17) is 4.74 Å². The summed E-state index contributed by atoms with van der Waals surface area (Å²) in [4.78, 5) is 14.2. The van der Waals surface area contributed by atoms with Crippen molar-refractivity contribution in [3.63, 3.8) is 0 Å². The quantitative estimate of drug-likeness (QED) is 0.839. The van der Waals surface area contributed by atoms with Gasteiger partial charge >= 0.3 is 0 Å². The summed E-state index contributed by atoms with van der Waals surface area (Å²) in [5.74, 6) is -0.0417. The van der Waals surface area contributed by atoms with Crippen molar-refractivity contribution in [1.29, 1.82) is 0 Å². The molecule has 0 aromatic heterocycles. The number of nitrogens with one attached hydrogen (secondary N) is 2. The Hall–Kier alpha value is -0.850. The normalized spacial score (nSPS) is 18.8. The fourth-order valence-corrected chi connectivity index (χ4v) is 2.32. The van der Waals surface area contributed by atoms with Gasteiger partial charge in [-0.05, 0) is 19.7 Å². The molecule has 2 unspecified atom stereocenters. The number of carbonyl (C=O) groups excluding carboxylic acids is 1. The van der Waals surface area contributed by atoms with E-state index in [2.05, 4.69) is 27.7 Å². The second-order valence-electron chi connectivity index (χ2n) is 5.20. The molecule has 1 aromatic rings. The van der Waals surface area contributed by atoms with Crippen molar-refractivity contribution in [2.45, 2.75) is 12.1 Å². The SMILES string of the molecule is CN(C)C(CNC(=O)C1CNCCO1)c1ccccc1.Cl.Cl. The van der Waals surface area contributed by atoms with Gasteiger partial charge in [-0.15, -0.1) is 24.8 Å². The van der Waals surface area contributed by atoms with E-state index in [1.165, 1.54) is 5.56 Å². The molecule has 0 radical (unpaired) electrons. The predicted molar refractivity (Wildman–Crippen MR) is 93.0 cm³/mol. The largest absolute Gasteiger partial charge is 0.366 e. The van der Waals surface area contributed by atoms with Crippen LogP contribution in [-0.4, -0.2) is 57.2 Å². The summed E-state index contributed by atoms with van der Waals surface area (Å²) < 4.78 is 5.45. The minimum atomic E-state index is -0.373. The number of nitrogens with zero attached hydrogens (tertiary/aromatic N) is 1. The van der Waals surface area contributed by atoms with Crippen LogP contribution in [0.5, 0.6) is 0 Å². The van der Waals surface area contributed by atoms with Gasteiger partial charge in [0.1, 0.15) is 6.10 Å². The molecule has 1 aromatic carbocycles. The van der Waals surface area contributed by atoms with E-state index in [9.17, 15) is 4.79 Å². The summed E-state index contributed by atoms with van der Waals surface area (Å²) >= 11 is 0. The van der Waals surface area contributed by atoms with Gasteiger partial charge in [0.15, 0.2) is 0 Å². The van der Waals surface area contributed by atoms with E-state index in [0.717, 1.165) is 6.54 Å². The molecule has 0 aliphatic carbocycles. The highest BCUT2D eigenvalue weighted by Gasteiger charge is 2.23. The molecule has 1 saturated heterocycles. The van der Waals surface area contributed by atoms with Gasteiger partial charge in [-0.3, -0.25) is 4.79 Å². The molecule has 22 heavy (non-hydrogen) atoms. The van der Waals surface area contributed by atoms with Crippen molar-refractivity contribution in [1.82, 2.24) is 15.5 Å². The van der Waals surface area contributed by atoms with Crippen molar-refractivity contribution >= 4 is 30.7 Å². The Labute approximate surface area is 144 Å². The summed E-state index contributed by atoms with van der Waals surface area (Å²) in [5, 5.41) is 6.15. The maximum atomic E-state index is 12.1. The average Bonchev–Trinajstić information content (AvgIpc) is 2.49. The maximum absolute atomic E-state index is 12.1. The molecule has 0 saturated carbocycles. The highest BCUT2D eigenvalue weighted by molar-refractivity contribution is 5.85. The highest BCUT2D eigenvalue weighted by Crippen LogP contribution is 2.16. The molecule has 1 amide bonds. The molecule has 1 aliphatic rings. The molecule has 1 aliphatic heterocycles. The van der Waals surface area contributed by atoms with Crippen LogP contribution in [0.15, 0.2) is 30.3 Å². The molecule has 0 bridgehead atoms. The van der Waals surface area contributed by atoms with Crippen LogP contribution in [0.4, 0.5) is 0 Å². The Morgan fingerprint density at radius 3 is 2.59 bits per heavy atom. The number of benzene rings is 1. The van der Waals surface area contributed by atoms with Gasteiger partial charge in [0.05, 0.1) is 12.6 Å². The zero-order valence-corrected chi connectivity index (χ0v) is 14.6. The summed E-state index contributed by atoms with van der Waals surface area (Å²) in [7, 11) is 4.03. The lowest BCUT2D eigenvalue weighted by Gasteiger charge is -2.27. The van der Waals surface area contributed by atoms with Gasteiger partial charge in [0, 0.05) is 19.6 Å². The number of rotatable bonds is 5. The number of amides is 1. The maximum Gasteiger partial charge on any atom is 0.250 e. The molecule has 1 fully saturated rings. The molecular weight excluding hydrogens is 325 g/mol. The number of ether oxygens (including phenoxy) is 1. The second-order valence-corrected chi connectivity index (χ2v) is 5.20. The lowest BCUT2D eigenvalue weighted by Crippen LogP contribution is -2.49. The molecular formula is C15H25Cl2N3O2. The van der Waals surface area contributed by atoms with Crippen molar-refractivity contribution in [2.75, 3.05) is 40.3 Å². The van der Waals surface area contributed by atoms with Crippen LogP contribution < -0.4 is 10.6 Å². The molecule has 2 rings (SSSR count). The topological polar surface area (TPSA) is 53.6 Å². The van der Waals surface area contributed by atoms with E-state index in [1.54, 1.807) is 0 Å². The van der Waals surface area contributed by atoms with Crippen LogP contribution in [-0.2, 0) is 9.53 Å². The fourth-order valence-electron chi connectivity index (χ4n) is 2.32. The predicted octanol–water partition coefficient (Wildman–Crippen LogP) is 1.24. The van der Waals surface area contributed by atoms with Crippen molar-refractivity contribution in [3.8, 4) is 0 Å². The third kappa shape index (κ3) is 6.10. The average molecular weight is 350 g/mol. The van der Waals surface area contributed by atoms with Gasteiger partial charge in [0.25, 0.3) is 5.91 Å². The number of likely N-dealkylation sites (N-methyl/N-ethyl adjacent to an activating group) is 1. The van der Waals surface area contributed by atoms with Gasteiger partial charge in [0.2, 0.25) is 0 Å². The van der Waals surface area contributed by atoms with Crippen LogP contribution in [0, 0.1) is 0 Å². The van der Waals surface area contributed by atoms with Crippen LogP contribution in [0.3, 0.4) is 0 Å². The number of morpholine rings is 1. The molecule has 126 valence electrons. The van der Waals surface area contributed by atoms with Gasteiger partial charge < -0.3 is 20.3 Å². The zero-order valence-electron chi connectivity index (χ0n) is 13.0. The standard InChI is InChI=1S/C15H23N3O2.2ClH/c1-18(2)13(12-6-4-3-5-7-12)10-17-15(19)14-11-16-8-9-20-14;;/h3-7,13-14,16H,8-11H2,1-2H3,(H,17,19);2*1H. The van der Waals surface area contributed by atoms with E-state index >= 15 is 0 Å². The van der Waals surface area contributed by atoms with E-state index in [0.29, 0.717) is 19.7 Å². The van der Waals surface area contributed by atoms with E-state index in [1.807, 2.05) is 32.3 Å². The first-order valence-corrected chi connectivity index (χ1v) is 7.00. The summed E-state index contributed by atoms with van der Waals surface area (Å²) in [5.41, 5.74) is 1.19. The van der Waals surface area contributed by atoms with Crippen molar-refractivity contribution in [3.05, 3.63) is 35.9 Å². The summed E-state index contributed by atoms with van der Waals surface area (Å²) in [6.45, 7) is 2.57. The number of carbonyl (C=O) groups is 1. The van der Waals surface area contributed by atoms with Crippen LogP contribution in [0.1, 0.15) is 11.6 Å². The Bertz CT molecular complexity index is 426. The number of halogens is 2. The molecule has 5 nitrogen and oxygen atoms in total. The summed E-state index contributed by atoms with van der Waals surface area (Å²) in [6, 6.07) is 10.3. The van der Waals surface area contributed by atoms with Gasteiger partial charge in [-0.1, -0.05) is 30.3 Å². The lowest BCUT2D eigenvalue weighted by atomic mass is 10.1.